The fourth-order valence-corrected chi connectivity index (χ4v) is 2.01. The molecule has 2 rings (SSSR count). The fourth-order valence-electron chi connectivity index (χ4n) is 2.01. The zero-order valence-electron chi connectivity index (χ0n) is 12.2. The van der Waals surface area contributed by atoms with Crippen molar-refractivity contribution in [1.82, 2.24) is 19.5 Å². The van der Waals surface area contributed by atoms with Crippen LogP contribution in [0.25, 0.3) is 11.2 Å². The number of anilines is 1. The Morgan fingerprint density at radius 2 is 2.29 bits per heavy atom. The highest BCUT2D eigenvalue weighted by Gasteiger charge is 2.13. The number of aromatic nitrogens is 4. The van der Waals surface area contributed by atoms with Crippen LogP contribution in [0.1, 0.15) is 20.3 Å². The van der Waals surface area contributed by atoms with E-state index in [9.17, 15) is 9.90 Å². The molecular formula is C13H21N5O3. The SMILES string of the molecule is CC(C)OCC(CO)CCn1cnc2c(=O)[nH]c(N)nc21. The molecular weight excluding hydrogens is 274 g/mol. The van der Waals surface area contributed by atoms with Crippen LogP contribution in [0.3, 0.4) is 0 Å². The largest absolute Gasteiger partial charge is 0.396 e. The molecule has 8 heteroatoms. The van der Waals surface area contributed by atoms with Crippen LogP contribution in [0.4, 0.5) is 5.95 Å². The maximum absolute atomic E-state index is 11.7. The Morgan fingerprint density at radius 3 is 2.95 bits per heavy atom. The molecule has 0 radical (unpaired) electrons. The van der Waals surface area contributed by atoms with Gasteiger partial charge in [0.05, 0.1) is 19.0 Å². The van der Waals surface area contributed by atoms with E-state index in [0.29, 0.717) is 25.2 Å². The number of hydrogen-bond acceptors (Lipinski definition) is 6. The van der Waals surface area contributed by atoms with E-state index >= 15 is 0 Å². The number of nitrogens with two attached hydrogens (primary N) is 1. The van der Waals surface area contributed by atoms with Gasteiger partial charge in [0.2, 0.25) is 5.95 Å². The first-order chi connectivity index (χ1) is 10.0. The van der Waals surface area contributed by atoms with Crippen molar-refractivity contribution in [2.75, 3.05) is 18.9 Å². The maximum Gasteiger partial charge on any atom is 0.280 e. The van der Waals surface area contributed by atoms with Gasteiger partial charge in [-0.2, -0.15) is 4.98 Å². The Balaban J connectivity index is 2.07. The Hall–Kier alpha value is -1.93. The van der Waals surface area contributed by atoms with Crippen molar-refractivity contribution in [3.8, 4) is 0 Å². The Kier molecular flexibility index (Phi) is 4.92. The van der Waals surface area contributed by atoms with E-state index in [1.807, 2.05) is 13.8 Å². The molecule has 0 amide bonds. The highest BCUT2D eigenvalue weighted by Crippen LogP contribution is 2.11. The molecule has 8 nitrogen and oxygen atoms in total. The molecule has 0 bridgehead atoms. The number of nitrogens with zero attached hydrogens (tertiary/aromatic N) is 3. The number of imidazole rings is 1. The maximum atomic E-state index is 11.7. The molecule has 1 unspecified atom stereocenters. The van der Waals surface area contributed by atoms with Crippen LogP contribution in [0.2, 0.25) is 0 Å². The van der Waals surface area contributed by atoms with Gasteiger partial charge < -0.3 is 20.1 Å². The molecule has 116 valence electrons. The molecule has 0 aliphatic heterocycles. The third-order valence-electron chi connectivity index (χ3n) is 3.19. The monoisotopic (exact) mass is 295 g/mol. The summed E-state index contributed by atoms with van der Waals surface area (Å²) >= 11 is 0. The summed E-state index contributed by atoms with van der Waals surface area (Å²) in [6, 6.07) is 0. The lowest BCUT2D eigenvalue weighted by Gasteiger charge is -2.16. The van der Waals surface area contributed by atoms with Gasteiger partial charge in [-0.1, -0.05) is 0 Å². The first kappa shape index (κ1) is 15.5. The molecule has 0 aromatic carbocycles. The average molecular weight is 295 g/mol. The molecule has 21 heavy (non-hydrogen) atoms. The molecule has 0 aliphatic rings. The molecule has 2 aromatic heterocycles. The van der Waals surface area contributed by atoms with E-state index in [4.69, 9.17) is 10.5 Å². The minimum atomic E-state index is -0.349. The molecule has 0 aliphatic carbocycles. The van der Waals surface area contributed by atoms with Crippen LogP contribution in [0, 0.1) is 5.92 Å². The van der Waals surface area contributed by atoms with Crippen LogP contribution in [-0.4, -0.2) is 43.9 Å². The predicted octanol–water partition coefficient (Wildman–Crippen LogP) is 0.125. The smallest absolute Gasteiger partial charge is 0.280 e. The highest BCUT2D eigenvalue weighted by molar-refractivity contribution is 5.70. The normalized spacial score (nSPS) is 13.1. The average Bonchev–Trinajstić information content (AvgIpc) is 2.82. The zero-order valence-corrected chi connectivity index (χ0v) is 12.2. The Morgan fingerprint density at radius 1 is 1.52 bits per heavy atom. The van der Waals surface area contributed by atoms with Gasteiger partial charge in [-0.3, -0.25) is 9.78 Å². The Bertz CT molecular complexity index is 649. The van der Waals surface area contributed by atoms with Gasteiger partial charge in [-0.15, -0.1) is 0 Å². The summed E-state index contributed by atoms with van der Waals surface area (Å²) in [5, 5.41) is 9.37. The number of aliphatic hydroxyl groups is 1. The van der Waals surface area contributed by atoms with E-state index < -0.39 is 0 Å². The van der Waals surface area contributed by atoms with Crippen LogP contribution in [0.5, 0.6) is 0 Å². The summed E-state index contributed by atoms with van der Waals surface area (Å²) in [5.41, 5.74) is 5.92. The van der Waals surface area contributed by atoms with Crippen molar-refractivity contribution < 1.29 is 9.84 Å². The van der Waals surface area contributed by atoms with Crippen LogP contribution < -0.4 is 11.3 Å². The van der Waals surface area contributed by atoms with E-state index in [1.54, 1.807) is 10.9 Å². The van der Waals surface area contributed by atoms with Crippen LogP contribution in [0.15, 0.2) is 11.1 Å². The molecule has 1 atom stereocenters. The number of H-pyrrole nitrogens is 1. The zero-order chi connectivity index (χ0) is 15.4. The van der Waals surface area contributed by atoms with Crippen molar-refractivity contribution >= 4 is 17.1 Å². The third-order valence-corrected chi connectivity index (χ3v) is 3.19. The van der Waals surface area contributed by atoms with Gasteiger partial charge in [-0.05, 0) is 20.3 Å². The summed E-state index contributed by atoms with van der Waals surface area (Å²) in [7, 11) is 0. The lowest BCUT2D eigenvalue weighted by molar-refractivity contribution is 0.0303. The van der Waals surface area contributed by atoms with Gasteiger partial charge >= 0.3 is 0 Å². The number of nitrogen functional groups attached to an aromatic ring is 1. The number of aromatic amines is 1. The first-order valence-electron chi connectivity index (χ1n) is 6.94. The molecule has 0 fully saturated rings. The number of fused-ring (bicyclic) bond motifs is 1. The molecule has 0 saturated carbocycles. The van der Waals surface area contributed by atoms with Gasteiger partial charge in [0.15, 0.2) is 11.2 Å². The second kappa shape index (κ2) is 6.68. The van der Waals surface area contributed by atoms with Gasteiger partial charge in [0.1, 0.15) is 0 Å². The summed E-state index contributed by atoms with van der Waals surface area (Å²) in [6.07, 6.45) is 2.39. The minimum absolute atomic E-state index is 0.0317. The standard InChI is InChI=1S/C13H21N5O3/c1-8(2)21-6-9(5-19)3-4-18-7-15-10-11(18)16-13(14)17-12(10)20/h7-9,19H,3-6H2,1-2H3,(H3,14,16,17,20). The quantitative estimate of drug-likeness (QED) is 0.667. The molecule has 2 aromatic rings. The van der Waals surface area contributed by atoms with E-state index in [2.05, 4.69) is 15.0 Å². The lowest BCUT2D eigenvalue weighted by atomic mass is 10.1. The third kappa shape index (κ3) is 3.79. The lowest BCUT2D eigenvalue weighted by Crippen LogP contribution is -2.19. The van der Waals surface area contributed by atoms with Gasteiger partial charge in [0, 0.05) is 19.1 Å². The number of ether oxygens (including phenoxy) is 1. The van der Waals surface area contributed by atoms with E-state index in [0.717, 1.165) is 0 Å². The van der Waals surface area contributed by atoms with Crippen molar-refractivity contribution in [2.24, 2.45) is 5.92 Å². The first-order valence-corrected chi connectivity index (χ1v) is 6.94. The van der Waals surface area contributed by atoms with Crippen molar-refractivity contribution in [3.05, 3.63) is 16.7 Å². The van der Waals surface area contributed by atoms with Crippen molar-refractivity contribution in [2.45, 2.75) is 32.9 Å². The minimum Gasteiger partial charge on any atom is -0.396 e. The van der Waals surface area contributed by atoms with Crippen LogP contribution in [-0.2, 0) is 11.3 Å². The predicted molar refractivity (Wildman–Crippen MR) is 78.8 cm³/mol. The molecule has 4 N–H and O–H groups in total. The fraction of sp³-hybridized carbons (Fsp3) is 0.615. The summed E-state index contributed by atoms with van der Waals surface area (Å²) in [5.74, 6) is 0.0975. The highest BCUT2D eigenvalue weighted by atomic mass is 16.5. The number of nitrogens with one attached hydrogen (secondary N) is 1. The number of rotatable bonds is 7. The number of hydrogen-bond donors (Lipinski definition) is 3. The number of aryl methyl sites for hydroxylation is 1. The topological polar surface area (TPSA) is 119 Å². The Labute approximate surface area is 122 Å². The van der Waals surface area contributed by atoms with Crippen LogP contribution >= 0.6 is 0 Å². The second-order valence-electron chi connectivity index (χ2n) is 5.28. The van der Waals surface area contributed by atoms with Crippen molar-refractivity contribution in [1.29, 1.82) is 0 Å². The van der Waals surface area contributed by atoms with Gasteiger partial charge in [-0.25, -0.2) is 4.98 Å². The summed E-state index contributed by atoms with van der Waals surface area (Å²) in [4.78, 5) is 22.2. The molecule has 0 saturated heterocycles. The van der Waals surface area contributed by atoms with Gasteiger partial charge in [0.25, 0.3) is 5.56 Å². The number of aliphatic hydroxyl groups excluding tert-OH is 1. The van der Waals surface area contributed by atoms with Crippen molar-refractivity contribution in [3.63, 3.8) is 0 Å². The van der Waals surface area contributed by atoms with E-state index in [-0.39, 0.29) is 35.7 Å². The molecule has 2 heterocycles. The molecule has 0 spiro atoms. The second-order valence-corrected chi connectivity index (χ2v) is 5.28. The summed E-state index contributed by atoms with van der Waals surface area (Å²) < 4.78 is 7.28. The van der Waals surface area contributed by atoms with E-state index in [1.165, 1.54) is 0 Å². The summed E-state index contributed by atoms with van der Waals surface area (Å²) in [6.45, 7) is 5.04.